The molecule has 1 amide bonds. The molecule has 0 aromatic carbocycles. The van der Waals surface area contributed by atoms with Crippen LogP contribution in [-0.4, -0.2) is 30.8 Å². The second-order valence-electron chi connectivity index (χ2n) is 5.34. The van der Waals surface area contributed by atoms with Crippen molar-refractivity contribution in [3.63, 3.8) is 0 Å². The molecule has 104 valence electrons. The number of carbonyl (C=O) groups excluding carboxylic acids is 3. The Morgan fingerprint density at radius 3 is 2.53 bits per heavy atom. The van der Waals surface area contributed by atoms with Crippen LogP contribution in [0.25, 0.3) is 0 Å². The van der Waals surface area contributed by atoms with Crippen molar-refractivity contribution < 1.29 is 19.1 Å². The van der Waals surface area contributed by atoms with E-state index in [1.54, 1.807) is 0 Å². The average molecular weight is 265 g/mol. The second-order valence-corrected chi connectivity index (χ2v) is 5.34. The first kappa shape index (κ1) is 13.8. The van der Waals surface area contributed by atoms with Crippen LogP contribution in [-0.2, 0) is 19.1 Å². The van der Waals surface area contributed by atoms with Gasteiger partial charge in [-0.2, -0.15) is 0 Å². The molecule has 1 saturated carbocycles. The average Bonchev–Trinajstić information content (AvgIpc) is 2.99. The number of esters is 1. The zero-order valence-electron chi connectivity index (χ0n) is 11.2. The summed E-state index contributed by atoms with van der Waals surface area (Å²) in [6, 6.07) is -0.775. The van der Waals surface area contributed by atoms with Crippen LogP contribution in [0.2, 0.25) is 0 Å². The van der Waals surface area contributed by atoms with E-state index in [2.05, 4.69) is 22.2 Å². The molecule has 0 spiro atoms. The third kappa shape index (κ3) is 3.03. The molecular weight excluding hydrogens is 246 g/mol. The van der Waals surface area contributed by atoms with Crippen molar-refractivity contribution in [2.45, 2.75) is 32.2 Å². The highest BCUT2D eigenvalue weighted by atomic mass is 16.5. The number of hydrogen-bond acceptors (Lipinski definition) is 4. The van der Waals surface area contributed by atoms with Gasteiger partial charge < -0.3 is 10.1 Å². The first-order valence-corrected chi connectivity index (χ1v) is 6.57. The lowest BCUT2D eigenvalue weighted by atomic mass is 9.92. The van der Waals surface area contributed by atoms with Gasteiger partial charge in [-0.3, -0.25) is 14.4 Å². The van der Waals surface area contributed by atoms with Crippen LogP contribution in [0.3, 0.4) is 0 Å². The molecular formula is C14H19NO4. The van der Waals surface area contributed by atoms with Gasteiger partial charge in [0.25, 0.3) is 0 Å². The molecule has 0 aliphatic heterocycles. The fourth-order valence-electron chi connectivity index (χ4n) is 2.91. The highest BCUT2D eigenvalue weighted by Crippen LogP contribution is 2.43. The van der Waals surface area contributed by atoms with E-state index in [0.29, 0.717) is 5.92 Å². The SMILES string of the molecule is COC(=O)CC(NC(=O)C1CC2C=CC1C2)C(C)=O. The van der Waals surface area contributed by atoms with Gasteiger partial charge in [-0.1, -0.05) is 12.2 Å². The predicted octanol–water partition coefficient (Wildman–Crippen LogP) is 0.835. The molecule has 2 aliphatic carbocycles. The highest BCUT2D eigenvalue weighted by molar-refractivity contribution is 5.91. The van der Waals surface area contributed by atoms with Gasteiger partial charge in [0, 0.05) is 5.92 Å². The zero-order chi connectivity index (χ0) is 14.0. The summed E-state index contributed by atoms with van der Waals surface area (Å²) in [5, 5.41) is 2.69. The summed E-state index contributed by atoms with van der Waals surface area (Å²) in [5.41, 5.74) is 0. The van der Waals surface area contributed by atoms with Gasteiger partial charge in [0.05, 0.1) is 19.6 Å². The second kappa shape index (κ2) is 5.55. The Hall–Kier alpha value is -1.65. The monoisotopic (exact) mass is 265 g/mol. The van der Waals surface area contributed by atoms with Crippen LogP contribution in [0, 0.1) is 17.8 Å². The normalized spacial score (nSPS) is 29.1. The molecule has 4 atom stereocenters. The number of allylic oxidation sites excluding steroid dienone is 2. The molecule has 0 aromatic rings. The molecule has 5 nitrogen and oxygen atoms in total. The van der Waals surface area contributed by atoms with Gasteiger partial charge in [0.1, 0.15) is 0 Å². The quantitative estimate of drug-likeness (QED) is 0.590. The molecule has 2 bridgehead atoms. The first-order chi connectivity index (χ1) is 9.01. The first-order valence-electron chi connectivity index (χ1n) is 6.57. The Morgan fingerprint density at radius 2 is 2.05 bits per heavy atom. The summed E-state index contributed by atoms with van der Waals surface area (Å²) in [6.45, 7) is 1.37. The minimum Gasteiger partial charge on any atom is -0.469 e. The number of fused-ring (bicyclic) bond motifs is 2. The van der Waals surface area contributed by atoms with Crippen molar-refractivity contribution in [3.05, 3.63) is 12.2 Å². The number of ether oxygens (including phenoxy) is 1. The Labute approximate surface area is 112 Å². The van der Waals surface area contributed by atoms with Crippen molar-refractivity contribution >= 4 is 17.7 Å². The number of amides is 1. The maximum atomic E-state index is 12.2. The number of rotatable bonds is 5. The fraction of sp³-hybridized carbons (Fsp3) is 0.643. The number of carbonyl (C=O) groups is 3. The lowest BCUT2D eigenvalue weighted by Gasteiger charge is -2.21. The maximum Gasteiger partial charge on any atom is 0.308 e. The van der Waals surface area contributed by atoms with E-state index in [0.717, 1.165) is 12.8 Å². The van der Waals surface area contributed by atoms with Crippen LogP contribution in [0.5, 0.6) is 0 Å². The lowest BCUT2D eigenvalue weighted by Crippen LogP contribution is -2.45. The topological polar surface area (TPSA) is 72.5 Å². The van der Waals surface area contributed by atoms with Crippen molar-refractivity contribution in [3.8, 4) is 0 Å². The molecule has 0 radical (unpaired) electrons. The Morgan fingerprint density at radius 1 is 1.32 bits per heavy atom. The Balaban J connectivity index is 1.93. The van der Waals surface area contributed by atoms with E-state index in [1.165, 1.54) is 14.0 Å². The summed E-state index contributed by atoms with van der Waals surface area (Å²) < 4.78 is 4.53. The standard InChI is InChI=1S/C14H19NO4/c1-8(16)12(7-13(17)19-2)15-14(18)11-6-9-3-4-10(11)5-9/h3-4,9-12H,5-7H2,1-2H3,(H,15,18). The summed E-state index contributed by atoms with van der Waals surface area (Å²) in [7, 11) is 1.27. The third-order valence-corrected chi connectivity index (χ3v) is 4.02. The largest absolute Gasteiger partial charge is 0.469 e. The molecule has 5 heteroatoms. The highest BCUT2D eigenvalue weighted by Gasteiger charge is 2.40. The van der Waals surface area contributed by atoms with Gasteiger partial charge >= 0.3 is 5.97 Å². The predicted molar refractivity (Wildman–Crippen MR) is 68.1 cm³/mol. The molecule has 0 heterocycles. The number of Topliss-reactive ketones (excluding diaryl/α,β-unsaturated/α-hetero) is 1. The van der Waals surface area contributed by atoms with Gasteiger partial charge in [0.2, 0.25) is 5.91 Å². The van der Waals surface area contributed by atoms with E-state index in [-0.39, 0.29) is 29.9 Å². The Kier molecular flexibility index (Phi) is 4.02. The van der Waals surface area contributed by atoms with Crippen molar-refractivity contribution in [1.29, 1.82) is 0 Å². The lowest BCUT2D eigenvalue weighted by molar-refractivity contribution is -0.143. The summed E-state index contributed by atoms with van der Waals surface area (Å²) in [6.07, 6.45) is 6.01. The molecule has 19 heavy (non-hydrogen) atoms. The third-order valence-electron chi connectivity index (χ3n) is 4.02. The van der Waals surface area contributed by atoms with Crippen LogP contribution >= 0.6 is 0 Å². The fourth-order valence-corrected chi connectivity index (χ4v) is 2.91. The van der Waals surface area contributed by atoms with Gasteiger partial charge in [-0.25, -0.2) is 0 Å². The van der Waals surface area contributed by atoms with Crippen LogP contribution in [0.4, 0.5) is 0 Å². The van der Waals surface area contributed by atoms with Gasteiger partial charge in [-0.05, 0) is 31.6 Å². The van der Waals surface area contributed by atoms with E-state index in [1.807, 2.05) is 0 Å². The molecule has 1 fully saturated rings. The molecule has 1 N–H and O–H groups in total. The summed E-state index contributed by atoms with van der Waals surface area (Å²) in [5.74, 6) is -0.117. The van der Waals surface area contributed by atoms with Crippen LogP contribution < -0.4 is 5.32 Å². The summed E-state index contributed by atoms with van der Waals surface area (Å²) in [4.78, 5) is 34.9. The number of nitrogens with one attached hydrogen (secondary N) is 1. The molecule has 0 aromatic heterocycles. The molecule has 4 unspecified atom stereocenters. The van der Waals surface area contributed by atoms with Crippen molar-refractivity contribution in [2.75, 3.05) is 7.11 Å². The smallest absolute Gasteiger partial charge is 0.308 e. The number of methoxy groups -OCH3 is 1. The van der Waals surface area contributed by atoms with E-state index in [4.69, 9.17) is 0 Å². The summed E-state index contributed by atoms with van der Waals surface area (Å²) >= 11 is 0. The van der Waals surface area contributed by atoms with E-state index in [9.17, 15) is 14.4 Å². The number of ketones is 1. The zero-order valence-corrected chi connectivity index (χ0v) is 11.2. The Bertz CT molecular complexity index is 429. The molecule has 2 rings (SSSR count). The van der Waals surface area contributed by atoms with Crippen LogP contribution in [0.15, 0.2) is 12.2 Å². The molecule has 0 saturated heterocycles. The minimum atomic E-state index is -0.775. The van der Waals surface area contributed by atoms with E-state index < -0.39 is 12.0 Å². The minimum absolute atomic E-state index is 0.0607. The van der Waals surface area contributed by atoms with Crippen molar-refractivity contribution in [1.82, 2.24) is 5.32 Å². The van der Waals surface area contributed by atoms with Gasteiger partial charge in [0.15, 0.2) is 5.78 Å². The molecule has 2 aliphatic rings. The van der Waals surface area contributed by atoms with Crippen LogP contribution in [0.1, 0.15) is 26.2 Å². The maximum absolute atomic E-state index is 12.2. The van der Waals surface area contributed by atoms with Gasteiger partial charge in [-0.15, -0.1) is 0 Å². The number of hydrogen-bond donors (Lipinski definition) is 1. The van der Waals surface area contributed by atoms with Crippen molar-refractivity contribution in [2.24, 2.45) is 17.8 Å². The van der Waals surface area contributed by atoms with E-state index >= 15 is 0 Å².